The van der Waals surface area contributed by atoms with Crippen LogP contribution in [0.2, 0.25) is 10.0 Å². The number of alkyl halides is 3. The summed E-state index contributed by atoms with van der Waals surface area (Å²) < 4.78 is 66.0. The van der Waals surface area contributed by atoms with E-state index in [0.29, 0.717) is 41.3 Å². The van der Waals surface area contributed by atoms with E-state index in [9.17, 15) is 26.4 Å². The lowest BCUT2D eigenvalue weighted by atomic mass is 9.76. The zero-order valence-electron chi connectivity index (χ0n) is 19.4. The van der Waals surface area contributed by atoms with Gasteiger partial charge in [-0.3, -0.25) is 4.79 Å². The fourth-order valence-electron chi connectivity index (χ4n) is 4.19. The van der Waals surface area contributed by atoms with Crippen LogP contribution in [0.1, 0.15) is 56.2 Å². The Labute approximate surface area is 213 Å². The standard InChI is InChI=1S/C24H26Cl2F3NO4S/c1-23(2,3)13-22(31)30-21-9-6-15-5-7-16(34-35(32,33)24(27,28)29)12-17(15)18(21)10-14-4-8-19(25)20(26)11-14/h4-5,7-8,11-12,18,21H,6,9-10,13H2,1-3H3,(H,30,31). The van der Waals surface area contributed by atoms with E-state index in [1.807, 2.05) is 20.8 Å². The molecule has 1 aliphatic carbocycles. The van der Waals surface area contributed by atoms with Crippen molar-refractivity contribution in [2.45, 2.75) is 63.9 Å². The van der Waals surface area contributed by atoms with Crippen molar-refractivity contribution in [3.63, 3.8) is 0 Å². The molecule has 0 radical (unpaired) electrons. The van der Waals surface area contributed by atoms with Crippen LogP contribution in [0.3, 0.4) is 0 Å². The average Bonchev–Trinajstić information content (AvgIpc) is 2.70. The molecule has 1 amide bonds. The van der Waals surface area contributed by atoms with Gasteiger partial charge in [-0.25, -0.2) is 0 Å². The van der Waals surface area contributed by atoms with E-state index in [2.05, 4.69) is 9.50 Å². The molecular weight excluding hydrogens is 526 g/mol. The molecule has 1 N–H and O–H groups in total. The summed E-state index contributed by atoms with van der Waals surface area (Å²) in [6, 6.07) is 8.86. The maximum absolute atomic E-state index is 12.8. The molecular formula is C24H26Cl2F3NO4S. The van der Waals surface area contributed by atoms with E-state index in [4.69, 9.17) is 23.2 Å². The highest BCUT2D eigenvalue weighted by molar-refractivity contribution is 7.88. The Morgan fingerprint density at radius 1 is 1.09 bits per heavy atom. The maximum Gasteiger partial charge on any atom is 0.534 e. The average molecular weight is 552 g/mol. The third-order valence-electron chi connectivity index (χ3n) is 5.69. The fraction of sp³-hybridized carbons (Fsp3) is 0.458. The molecule has 2 atom stereocenters. The lowest BCUT2D eigenvalue weighted by Gasteiger charge is -2.35. The van der Waals surface area contributed by atoms with Crippen molar-refractivity contribution in [3.8, 4) is 5.75 Å². The predicted octanol–water partition coefficient (Wildman–Crippen LogP) is 6.42. The molecule has 2 aromatic carbocycles. The number of halogens is 5. The summed E-state index contributed by atoms with van der Waals surface area (Å²) in [4.78, 5) is 12.7. The number of nitrogens with one attached hydrogen (secondary N) is 1. The van der Waals surface area contributed by atoms with Crippen LogP contribution in [0.5, 0.6) is 5.75 Å². The molecule has 35 heavy (non-hydrogen) atoms. The highest BCUT2D eigenvalue weighted by Crippen LogP contribution is 2.39. The molecule has 192 valence electrons. The van der Waals surface area contributed by atoms with E-state index in [-0.39, 0.29) is 23.3 Å². The van der Waals surface area contributed by atoms with Crippen molar-refractivity contribution >= 4 is 39.2 Å². The third-order valence-corrected chi connectivity index (χ3v) is 7.41. The number of amides is 1. The van der Waals surface area contributed by atoms with Gasteiger partial charge < -0.3 is 9.50 Å². The summed E-state index contributed by atoms with van der Waals surface area (Å²) >= 11 is 12.2. The molecule has 0 heterocycles. The Hall–Kier alpha value is -1.97. The van der Waals surface area contributed by atoms with Crippen molar-refractivity contribution in [3.05, 3.63) is 63.1 Å². The summed E-state index contributed by atoms with van der Waals surface area (Å²) in [6.07, 6.45) is 1.85. The van der Waals surface area contributed by atoms with Gasteiger partial charge in [0, 0.05) is 18.4 Å². The summed E-state index contributed by atoms with van der Waals surface area (Å²) in [5.74, 6) is -0.948. The molecule has 0 saturated heterocycles. The number of rotatable bonds is 6. The highest BCUT2D eigenvalue weighted by atomic mass is 35.5. The number of carbonyl (C=O) groups excluding carboxylic acids is 1. The first-order valence-corrected chi connectivity index (χ1v) is 13.1. The van der Waals surface area contributed by atoms with Gasteiger partial charge in [0.15, 0.2) is 0 Å². The number of fused-ring (bicyclic) bond motifs is 1. The lowest BCUT2D eigenvalue weighted by Crippen LogP contribution is -2.43. The smallest absolute Gasteiger partial charge is 0.376 e. The first-order valence-electron chi connectivity index (χ1n) is 10.9. The number of benzene rings is 2. The molecule has 1 aliphatic rings. The molecule has 2 aromatic rings. The zero-order chi connectivity index (χ0) is 26.2. The highest BCUT2D eigenvalue weighted by Gasteiger charge is 2.48. The van der Waals surface area contributed by atoms with Crippen LogP contribution in [-0.2, 0) is 27.8 Å². The minimum absolute atomic E-state index is 0.142. The van der Waals surface area contributed by atoms with Crippen molar-refractivity contribution in [2.24, 2.45) is 5.41 Å². The number of hydrogen-bond donors (Lipinski definition) is 1. The zero-order valence-corrected chi connectivity index (χ0v) is 21.7. The van der Waals surface area contributed by atoms with Gasteiger partial charge in [0.1, 0.15) is 5.75 Å². The molecule has 2 unspecified atom stereocenters. The molecule has 0 aromatic heterocycles. The third kappa shape index (κ3) is 7.05. The summed E-state index contributed by atoms with van der Waals surface area (Å²) in [6.45, 7) is 5.84. The first-order chi connectivity index (χ1) is 16.1. The minimum Gasteiger partial charge on any atom is -0.376 e. The van der Waals surface area contributed by atoms with Gasteiger partial charge in [-0.05, 0) is 65.6 Å². The molecule has 0 bridgehead atoms. The fourth-order valence-corrected chi connectivity index (χ4v) is 4.96. The van der Waals surface area contributed by atoms with Crippen molar-refractivity contribution < 1.29 is 30.6 Å². The van der Waals surface area contributed by atoms with E-state index < -0.39 is 21.4 Å². The maximum atomic E-state index is 12.8. The van der Waals surface area contributed by atoms with Crippen molar-refractivity contribution in [1.29, 1.82) is 0 Å². The van der Waals surface area contributed by atoms with Gasteiger partial charge in [-0.1, -0.05) is 56.1 Å². The van der Waals surface area contributed by atoms with Gasteiger partial charge in [-0.15, -0.1) is 0 Å². The van der Waals surface area contributed by atoms with Crippen LogP contribution in [0, 0.1) is 5.41 Å². The molecule has 0 fully saturated rings. The Bertz CT molecular complexity index is 1210. The number of hydrogen-bond acceptors (Lipinski definition) is 4. The monoisotopic (exact) mass is 551 g/mol. The first kappa shape index (κ1) is 27.6. The topological polar surface area (TPSA) is 72.5 Å². The minimum atomic E-state index is -5.82. The molecule has 11 heteroatoms. The number of aryl methyl sites for hydroxylation is 1. The van der Waals surface area contributed by atoms with E-state index in [1.165, 1.54) is 12.1 Å². The van der Waals surface area contributed by atoms with Crippen molar-refractivity contribution in [2.75, 3.05) is 0 Å². The summed E-state index contributed by atoms with van der Waals surface area (Å²) in [5.41, 5.74) is -3.53. The van der Waals surface area contributed by atoms with Gasteiger partial charge in [0.25, 0.3) is 0 Å². The Kier molecular flexibility index (Phi) is 8.04. The van der Waals surface area contributed by atoms with Crippen LogP contribution in [0.4, 0.5) is 13.2 Å². The van der Waals surface area contributed by atoms with Crippen LogP contribution in [0.15, 0.2) is 36.4 Å². The second-order valence-electron chi connectivity index (χ2n) is 9.85. The lowest BCUT2D eigenvalue weighted by molar-refractivity contribution is -0.123. The molecule has 5 nitrogen and oxygen atoms in total. The Morgan fingerprint density at radius 2 is 1.77 bits per heavy atom. The second-order valence-corrected chi connectivity index (χ2v) is 12.2. The van der Waals surface area contributed by atoms with Gasteiger partial charge in [0.05, 0.1) is 10.0 Å². The quantitative estimate of drug-likeness (QED) is 0.332. The van der Waals surface area contributed by atoms with Crippen LogP contribution in [0.25, 0.3) is 0 Å². The Balaban J connectivity index is 1.98. The molecule has 0 saturated carbocycles. The van der Waals surface area contributed by atoms with Crippen molar-refractivity contribution in [1.82, 2.24) is 5.32 Å². The summed E-state index contributed by atoms with van der Waals surface area (Å²) in [5, 5.41) is 3.79. The SMILES string of the molecule is CC(C)(C)CC(=O)NC1CCc2ccc(OS(=O)(=O)C(F)(F)F)cc2C1Cc1ccc(Cl)c(Cl)c1. The van der Waals surface area contributed by atoms with Gasteiger partial charge in [-0.2, -0.15) is 21.6 Å². The van der Waals surface area contributed by atoms with E-state index in [0.717, 1.165) is 11.1 Å². The van der Waals surface area contributed by atoms with Gasteiger partial charge in [0.2, 0.25) is 5.91 Å². The number of carbonyl (C=O) groups is 1. The largest absolute Gasteiger partial charge is 0.534 e. The van der Waals surface area contributed by atoms with Crippen LogP contribution < -0.4 is 9.50 Å². The van der Waals surface area contributed by atoms with Crippen LogP contribution in [-0.4, -0.2) is 25.9 Å². The normalized spacial score (nSPS) is 18.6. The molecule has 0 spiro atoms. The molecule has 3 rings (SSSR count). The van der Waals surface area contributed by atoms with Gasteiger partial charge >= 0.3 is 15.6 Å². The summed E-state index contributed by atoms with van der Waals surface area (Å²) in [7, 11) is -5.82. The second kappa shape index (κ2) is 10.2. The molecule has 0 aliphatic heterocycles. The van der Waals surface area contributed by atoms with E-state index >= 15 is 0 Å². The predicted molar refractivity (Wildman–Crippen MR) is 129 cm³/mol. The van der Waals surface area contributed by atoms with Crippen LogP contribution >= 0.6 is 23.2 Å². The Morgan fingerprint density at radius 3 is 2.37 bits per heavy atom. The van der Waals surface area contributed by atoms with E-state index in [1.54, 1.807) is 24.3 Å².